The van der Waals surface area contributed by atoms with Gasteiger partial charge in [-0.05, 0) is 43.0 Å². The van der Waals surface area contributed by atoms with Crippen LogP contribution in [0.4, 0.5) is 9.59 Å². The molecular weight excluding hydrogens is 386 g/mol. The second kappa shape index (κ2) is 7.57. The number of hydrogen-bond donors (Lipinski definition) is 0. The first-order valence-electron chi connectivity index (χ1n) is 9.80. The lowest BCUT2D eigenvalue weighted by Gasteiger charge is -2.24. The van der Waals surface area contributed by atoms with Crippen molar-refractivity contribution >= 4 is 18.2 Å². The van der Waals surface area contributed by atoms with Gasteiger partial charge >= 0.3 is 18.2 Å². The number of fused-ring (bicyclic) bond motifs is 3. The van der Waals surface area contributed by atoms with Crippen molar-refractivity contribution in [3.8, 4) is 11.1 Å². The minimum Gasteiger partial charge on any atom is -0.448 e. The number of ether oxygens (including phenoxy) is 3. The van der Waals surface area contributed by atoms with Gasteiger partial charge in [0.25, 0.3) is 0 Å². The van der Waals surface area contributed by atoms with Crippen LogP contribution in [0, 0.1) is 0 Å². The molecule has 1 heterocycles. The number of hydrogen-bond acceptors (Lipinski definition) is 6. The third kappa shape index (κ3) is 3.68. The van der Waals surface area contributed by atoms with Crippen LogP contribution in [0.1, 0.15) is 37.8 Å². The molecule has 0 bridgehead atoms. The van der Waals surface area contributed by atoms with Crippen molar-refractivity contribution in [3.63, 3.8) is 0 Å². The minimum atomic E-state index is -1.16. The maximum atomic E-state index is 12.7. The van der Waals surface area contributed by atoms with E-state index in [1.165, 1.54) is 0 Å². The largest absolute Gasteiger partial charge is 0.448 e. The Morgan fingerprint density at radius 3 is 2.10 bits per heavy atom. The highest BCUT2D eigenvalue weighted by molar-refractivity contribution is 6.03. The Morgan fingerprint density at radius 1 is 0.967 bits per heavy atom. The van der Waals surface area contributed by atoms with Crippen molar-refractivity contribution in [2.24, 2.45) is 0 Å². The number of carbonyl (C=O) groups excluding carboxylic acids is 3. The summed E-state index contributed by atoms with van der Waals surface area (Å²) in [6.07, 6.45) is -1.96. The van der Waals surface area contributed by atoms with Crippen LogP contribution in [0.3, 0.4) is 0 Å². The zero-order valence-corrected chi connectivity index (χ0v) is 17.1. The van der Waals surface area contributed by atoms with Gasteiger partial charge in [0.15, 0.2) is 6.04 Å². The van der Waals surface area contributed by atoms with Crippen LogP contribution in [-0.2, 0) is 19.0 Å². The first kappa shape index (κ1) is 20.1. The Hall–Kier alpha value is -3.19. The standard InChI is InChI=1S/C23H23NO6/c1-23(2,3)29-13-19-20(25)30-22(27)24(19)21(26)28-12-18-16-10-6-4-8-14(16)15-9-5-7-11-17(15)18/h4-11,18-19H,12-13H2,1-3H3. The molecule has 2 aliphatic rings. The average molecular weight is 409 g/mol. The summed E-state index contributed by atoms with van der Waals surface area (Å²) < 4.78 is 15.7. The van der Waals surface area contributed by atoms with Crippen molar-refractivity contribution in [2.45, 2.75) is 38.3 Å². The first-order chi connectivity index (χ1) is 14.3. The molecule has 0 aromatic heterocycles. The first-order valence-corrected chi connectivity index (χ1v) is 9.80. The molecule has 1 aliphatic carbocycles. The highest BCUT2D eigenvalue weighted by atomic mass is 16.6. The van der Waals surface area contributed by atoms with Gasteiger partial charge in [0, 0.05) is 5.92 Å². The number of esters is 1. The second-order valence-electron chi connectivity index (χ2n) is 8.30. The summed E-state index contributed by atoms with van der Waals surface area (Å²) >= 11 is 0. The van der Waals surface area contributed by atoms with E-state index >= 15 is 0 Å². The highest BCUT2D eigenvalue weighted by Crippen LogP contribution is 2.44. The molecule has 1 saturated heterocycles. The predicted molar refractivity (Wildman–Crippen MR) is 108 cm³/mol. The van der Waals surface area contributed by atoms with Crippen LogP contribution in [0.2, 0.25) is 0 Å². The smallest absolute Gasteiger partial charge is 0.428 e. The molecule has 1 atom stereocenters. The normalized spacial score (nSPS) is 18.2. The van der Waals surface area contributed by atoms with Crippen LogP contribution in [-0.4, -0.2) is 47.9 Å². The fourth-order valence-corrected chi connectivity index (χ4v) is 3.77. The maximum Gasteiger partial charge on any atom is 0.428 e. The minimum absolute atomic E-state index is 0.0394. The van der Waals surface area contributed by atoms with E-state index in [-0.39, 0.29) is 19.1 Å². The molecular formula is C23H23NO6. The topological polar surface area (TPSA) is 82.1 Å². The SMILES string of the molecule is CC(C)(C)OCC1C(=O)OC(=O)N1C(=O)OCC1c2ccccc2-c2ccccc21. The number of carbonyl (C=O) groups is 3. The van der Waals surface area contributed by atoms with Crippen LogP contribution in [0.5, 0.6) is 0 Å². The van der Waals surface area contributed by atoms with Crippen molar-refractivity contribution < 1.29 is 28.6 Å². The molecule has 0 saturated carbocycles. The molecule has 2 aromatic carbocycles. The highest BCUT2D eigenvalue weighted by Gasteiger charge is 2.47. The fourth-order valence-electron chi connectivity index (χ4n) is 3.77. The van der Waals surface area contributed by atoms with E-state index in [1.54, 1.807) is 0 Å². The quantitative estimate of drug-likeness (QED) is 0.559. The molecule has 2 aromatic rings. The van der Waals surface area contributed by atoms with E-state index in [1.807, 2.05) is 69.3 Å². The molecule has 156 valence electrons. The van der Waals surface area contributed by atoms with Gasteiger partial charge in [-0.1, -0.05) is 48.5 Å². The summed E-state index contributed by atoms with van der Waals surface area (Å²) in [5.74, 6) is -0.974. The maximum absolute atomic E-state index is 12.7. The number of cyclic esters (lactones) is 2. The van der Waals surface area contributed by atoms with Gasteiger partial charge in [-0.15, -0.1) is 0 Å². The van der Waals surface area contributed by atoms with Gasteiger partial charge in [0.1, 0.15) is 6.61 Å². The van der Waals surface area contributed by atoms with Crippen molar-refractivity contribution in [3.05, 3.63) is 59.7 Å². The van der Waals surface area contributed by atoms with Gasteiger partial charge < -0.3 is 14.2 Å². The molecule has 0 N–H and O–H groups in total. The predicted octanol–water partition coefficient (Wildman–Crippen LogP) is 4.10. The second-order valence-corrected chi connectivity index (χ2v) is 8.30. The Kier molecular flexibility index (Phi) is 5.07. The fraction of sp³-hybridized carbons (Fsp3) is 0.348. The van der Waals surface area contributed by atoms with Crippen molar-refractivity contribution in [1.29, 1.82) is 0 Å². The van der Waals surface area contributed by atoms with Gasteiger partial charge in [-0.25, -0.2) is 14.4 Å². The lowest BCUT2D eigenvalue weighted by atomic mass is 9.98. The monoisotopic (exact) mass is 409 g/mol. The summed E-state index contributed by atoms with van der Waals surface area (Å²) in [4.78, 5) is 37.5. The number of imide groups is 1. The third-order valence-corrected chi connectivity index (χ3v) is 5.18. The molecule has 2 amide bonds. The van der Waals surface area contributed by atoms with Crippen molar-refractivity contribution in [2.75, 3.05) is 13.2 Å². The lowest BCUT2D eigenvalue weighted by molar-refractivity contribution is -0.138. The Labute approximate surface area is 174 Å². The summed E-state index contributed by atoms with van der Waals surface area (Å²) in [6.45, 7) is 5.32. The van der Waals surface area contributed by atoms with E-state index in [4.69, 9.17) is 9.47 Å². The molecule has 1 aliphatic heterocycles. The molecule has 1 unspecified atom stereocenters. The van der Waals surface area contributed by atoms with Crippen LogP contribution in [0.25, 0.3) is 11.1 Å². The zero-order valence-electron chi connectivity index (χ0n) is 17.1. The molecule has 4 rings (SSSR count). The number of amides is 2. The number of nitrogens with zero attached hydrogens (tertiary/aromatic N) is 1. The molecule has 7 heteroatoms. The van der Waals surface area contributed by atoms with Gasteiger partial charge in [-0.2, -0.15) is 4.90 Å². The molecule has 1 fully saturated rings. The summed E-state index contributed by atoms with van der Waals surface area (Å²) in [5.41, 5.74) is 3.76. The molecule has 0 radical (unpaired) electrons. The lowest BCUT2D eigenvalue weighted by Crippen LogP contribution is -2.44. The summed E-state index contributed by atoms with van der Waals surface area (Å²) in [7, 11) is 0. The van der Waals surface area contributed by atoms with E-state index in [9.17, 15) is 14.4 Å². The Bertz CT molecular complexity index is 963. The number of rotatable bonds is 4. The van der Waals surface area contributed by atoms with Crippen molar-refractivity contribution in [1.82, 2.24) is 4.90 Å². The Morgan fingerprint density at radius 2 is 1.53 bits per heavy atom. The van der Waals surface area contributed by atoms with E-state index in [0.29, 0.717) is 4.90 Å². The van der Waals surface area contributed by atoms with Gasteiger partial charge in [0.2, 0.25) is 0 Å². The summed E-state index contributed by atoms with van der Waals surface area (Å²) in [5, 5.41) is 0. The van der Waals surface area contributed by atoms with Crippen LogP contribution >= 0.6 is 0 Å². The molecule has 30 heavy (non-hydrogen) atoms. The van der Waals surface area contributed by atoms with Gasteiger partial charge in [-0.3, -0.25) is 0 Å². The zero-order chi connectivity index (χ0) is 21.5. The van der Waals surface area contributed by atoms with E-state index in [2.05, 4.69) is 4.74 Å². The average Bonchev–Trinajstić information content (AvgIpc) is 3.17. The van der Waals surface area contributed by atoms with Crippen LogP contribution < -0.4 is 0 Å². The molecule has 0 spiro atoms. The van der Waals surface area contributed by atoms with Gasteiger partial charge in [0.05, 0.1) is 12.2 Å². The molecule has 7 nitrogen and oxygen atoms in total. The number of benzene rings is 2. The van der Waals surface area contributed by atoms with Crippen LogP contribution in [0.15, 0.2) is 48.5 Å². The summed E-state index contributed by atoms with van der Waals surface area (Å²) in [6, 6.07) is 14.7. The van der Waals surface area contributed by atoms with E-state index < -0.39 is 29.8 Å². The third-order valence-electron chi connectivity index (χ3n) is 5.18. The van der Waals surface area contributed by atoms with E-state index in [0.717, 1.165) is 22.3 Å². The Balaban J connectivity index is 1.50.